The molecular weight excluding hydrogens is 162 g/mol. The van der Waals surface area contributed by atoms with Gasteiger partial charge in [0.05, 0.1) is 5.41 Å². The molecule has 0 aromatic rings. The molecule has 0 unspecified atom stereocenters. The first-order chi connectivity index (χ1) is 5.96. The van der Waals surface area contributed by atoms with E-state index in [1.165, 1.54) is 0 Å². The molecule has 0 aliphatic rings. The molecule has 0 rings (SSSR count). The lowest BCUT2D eigenvalue weighted by Gasteiger charge is -2.23. The molecule has 0 bridgehead atoms. The van der Waals surface area contributed by atoms with Crippen molar-refractivity contribution in [3.8, 4) is 0 Å². The van der Waals surface area contributed by atoms with Gasteiger partial charge in [-0.15, -0.1) is 0 Å². The summed E-state index contributed by atoms with van der Waals surface area (Å²) in [6.07, 6.45) is 6.68. The molecule has 0 saturated heterocycles. The van der Waals surface area contributed by atoms with E-state index in [-0.39, 0.29) is 5.91 Å². The van der Waals surface area contributed by atoms with Gasteiger partial charge in [0.15, 0.2) is 0 Å². The number of rotatable bonds is 4. The standard InChI is InChI=1S/C11H19NO/c1-5-7-8-9(6-2)11(3,4)10(12)13/h5,7-8H,6H2,1-4H3,(H2,12,13). The Kier molecular flexibility index (Phi) is 4.46. The summed E-state index contributed by atoms with van der Waals surface area (Å²) in [5, 5.41) is 0. The van der Waals surface area contributed by atoms with Gasteiger partial charge in [0.2, 0.25) is 5.91 Å². The van der Waals surface area contributed by atoms with E-state index < -0.39 is 5.41 Å². The third-order valence-electron chi connectivity index (χ3n) is 2.29. The molecule has 0 fully saturated rings. The van der Waals surface area contributed by atoms with Crippen LogP contribution >= 0.6 is 0 Å². The summed E-state index contributed by atoms with van der Waals surface area (Å²) in [5.74, 6) is -0.273. The number of carbonyl (C=O) groups is 1. The van der Waals surface area contributed by atoms with Crippen molar-refractivity contribution in [3.63, 3.8) is 0 Å². The van der Waals surface area contributed by atoms with E-state index in [4.69, 9.17) is 5.73 Å². The molecule has 0 aliphatic heterocycles. The number of nitrogens with two attached hydrogens (primary N) is 1. The van der Waals surface area contributed by atoms with Crippen LogP contribution in [0.15, 0.2) is 23.8 Å². The van der Waals surface area contributed by atoms with Crippen molar-refractivity contribution in [2.45, 2.75) is 34.1 Å². The topological polar surface area (TPSA) is 43.1 Å². The highest BCUT2D eigenvalue weighted by atomic mass is 16.1. The molecule has 0 spiro atoms. The predicted molar refractivity (Wildman–Crippen MR) is 56.2 cm³/mol. The van der Waals surface area contributed by atoms with Gasteiger partial charge in [0, 0.05) is 0 Å². The lowest BCUT2D eigenvalue weighted by molar-refractivity contribution is -0.124. The van der Waals surface area contributed by atoms with Crippen LogP contribution in [-0.2, 0) is 4.79 Å². The van der Waals surface area contributed by atoms with Crippen LogP contribution in [0, 0.1) is 5.41 Å². The summed E-state index contributed by atoms with van der Waals surface area (Å²) in [6.45, 7) is 7.68. The van der Waals surface area contributed by atoms with Gasteiger partial charge in [-0.1, -0.05) is 30.7 Å². The molecule has 2 nitrogen and oxygen atoms in total. The molecule has 0 heterocycles. The van der Waals surface area contributed by atoms with E-state index in [0.29, 0.717) is 0 Å². The zero-order chi connectivity index (χ0) is 10.5. The van der Waals surface area contributed by atoms with E-state index in [9.17, 15) is 4.79 Å². The summed E-state index contributed by atoms with van der Waals surface area (Å²) in [6, 6.07) is 0. The van der Waals surface area contributed by atoms with Crippen molar-refractivity contribution in [2.75, 3.05) is 0 Å². The van der Waals surface area contributed by atoms with Crippen molar-refractivity contribution < 1.29 is 4.79 Å². The fraction of sp³-hybridized carbons (Fsp3) is 0.545. The molecule has 0 saturated carbocycles. The summed E-state index contributed by atoms with van der Waals surface area (Å²) in [7, 11) is 0. The Labute approximate surface area is 80.5 Å². The second-order valence-corrected chi connectivity index (χ2v) is 3.56. The van der Waals surface area contributed by atoms with Gasteiger partial charge in [-0.2, -0.15) is 0 Å². The van der Waals surface area contributed by atoms with Crippen molar-refractivity contribution >= 4 is 5.91 Å². The summed E-state index contributed by atoms with van der Waals surface area (Å²) in [5.41, 5.74) is 5.85. The van der Waals surface area contributed by atoms with Crippen LogP contribution in [0.25, 0.3) is 0 Å². The second-order valence-electron chi connectivity index (χ2n) is 3.56. The maximum Gasteiger partial charge on any atom is 0.227 e. The Morgan fingerprint density at radius 2 is 2.00 bits per heavy atom. The fourth-order valence-electron chi connectivity index (χ4n) is 1.14. The molecule has 2 heteroatoms. The van der Waals surface area contributed by atoms with Gasteiger partial charge in [0.1, 0.15) is 0 Å². The molecule has 0 aliphatic carbocycles. The third-order valence-corrected chi connectivity index (χ3v) is 2.29. The van der Waals surface area contributed by atoms with E-state index in [1.54, 1.807) is 0 Å². The predicted octanol–water partition coefficient (Wildman–Crippen LogP) is 2.41. The van der Waals surface area contributed by atoms with Crippen LogP contribution in [0.1, 0.15) is 34.1 Å². The number of hydrogen-bond donors (Lipinski definition) is 1. The van der Waals surface area contributed by atoms with Gasteiger partial charge in [0.25, 0.3) is 0 Å². The third kappa shape index (κ3) is 3.05. The molecule has 0 atom stereocenters. The zero-order valence-electron chi connectivity index (χ0n) is 8.92. The number of hydrogen-bond acceptors (Lipinski definition) is 1. The van der Waals surface area contributed by atoms with E-state index in [1.807, 2.05) is 45.9 Å². The van der Waals surface area contributed by atoms with Crippen molar-refractivity contribution in [1.82, 2.24) is 0 Å². The maximum atomic E-state index is 11.1. The lowest BCUT2D eigenvalue weighted by atomic mass is 9.81. The summed E-state index contributed by atoms with van der Waals surface area (Å²) < 4.78 is 0. The Bertz CT molecular complexity index is 236. The van der Waals surface area contributed by atoms with E-state index in [2.05, 4.69) is 0 Å². The van der Waals surface area contributed by atoms with Gasteiger partial charge in [-0.3, -0.25) is 4.79 Å². The van der Waals surface area contributed by atoms with Crippen LogP contribution in [0.4, 0.5) is 0 Å². The number of allylic oxidation sites excluding steroid dienone is 3. The van der Waals surface area contributed by atoms with Gasteiger partial charge < -0.3 is 5.73 Å². The molecule has 0 aromatic heterocycles. The Morgan fingerprint density at radius 3 is 2.31 bits per heavy atom. The highest BCUT2D eigenvalue weighted by Crippen LogP contribution is 2.28. The quantitative estimate of drug-likeness (QED) is 0.665. The van der Waals surface area contributed by atoms with Crippen LogP contribution in [0.2, 0.25) is 0 Å². The Hall–Kier alpha value is -1.05. The lowest BCUT2D eigenvalue weighted by Crippen LogP contribution is -2.33. The van der Waals surface area contributed by atoms with Crippen LogP contribution in [0.5, 0.6) is 0 Å². The molecular formula is C11H19NO. The molecule has 2 N–H and O–H groups in total. The molecule has 0 aromatic carbocycles. The minimum absolute atomic E-state index is 0.273. The van der Waals surface area contributed by atoms with Crippen LogP contribution in [-0.4, -0.2) is 5.91 Å². The average molecular weight is 181 g/mol. The van der Waals surface area contributed by atoms with Gasteiger partial charge >= 0.3 is 0 Å². The van der Waals surface area contributed by atoms with E-state index >= 15 is 0 Å². The van der Waals surface area contributed by atoms with Crippen molar-refractivity contribution in [1.29, 1.82) is 0 Å². The second kappa shape index (κ2) is 4.85. The van der Waals surface area contributed by atoms with Crippen LogP contribution in [0.3, 0.4) is 0 Å². The van der Waals surface area contributed by atoms with Crippen molar-refractivity contribution in [2.24, 2.45) is 11.1 Å². The number of amides is 1. The number of carbonyl (C=O) groups excluding carboxylic acids is 1. The SMILES string of the molecule is CC=CC=C(CC)C(C)(C)C(N)=O. The van der Waals surface area contributed by atoms with Crippen molar-refractivity contribution in [3.05, 3.63) is 23.8 Å². The zero-order valence-corrected chi connectivity index (χ0v) is 8.92. The van der Waals surface area contributed by atoms with E-state index in [0.717, 1.165) is 12.0 Å². The first kappa shape index (κ1) is 11.9. The highest BCUT2D eigenvalue weighted by molar-refractivity contribution is 5.83. The largest absolute Gasteiger partial charge is 0.369 e. The summed E-state index contributed by atoms with van der Waals surface area (Å²) >= 11 is 0. The smallest absolute Gasteiger partial charge is 0.227 e. The summed E-state index contributed by atoms with van der Waals surface area (Å²) in [4.78, 5) is 11.1. The first-order valence-electron chi connectivity index (χ1n) is 4.59. The minimum atomic E-state index is -0.533. The number of primary amides is 1. The molecule has 74 valence electrons. The van der Waals surface area contributed by atoms with Crippen LogP contribution < -0.4 is 5.73 Å². The molecule has 13 heavy (non-hydrogen) atoms. The molecule has 1 amide bonds. The minimum Gasteiger partial charge on any atom is -0.369 e. The molecule has 0 radical (unpaired) electrons. The fourth-order valence-corrected chi connectivity index (χ4v) is 1.14. The Balaban J connectivity index is 4.86. The first-order valence-corrected chi connectivity index (χ1v) is 4.59. The monoisotopic (exact) mass is 181 g/mol. The average Bonchev–Trinajstić information content (AvgIpc) is 2.05. The highest BCUT2D eigenvalue weighted by Gasteiger charge is 2.27. The Morgan fingerprint density at radius 1 is 1.46 bits per heavy atom. The normalized spacial score (nSPS) is 13.7. The van der Waals surface area contributed by atoms with Gasteiger partial charge in [-0.05, 0) is 27.2 Å². The van der Waals surface area contributed by atoms with Gasteiger partial charge in [-0.25, -0.2) is 0 Å². The maximum absolute atomic E-state index is 11.1.